The van der Waals surface area contributed by atoms with Gasteiger partial charge in [0.15, 0.2) is 0 Å². The first-order chi connectivity index (χ1) is 12.2. The van der Waals surface area contributed by atoms with Crippen molar-refractivity contribution in [3.63, 3.8) is 0 Å². The van der Waals surface area contributed by atoms with Crippen molar-refractivity contribution >= 4 is 35.3 Å². The molecule has 3 rings (SSSR count). The second kappa shape index (κ2) is 8.45. The molecule has 0 spiro atoms. The van der Waals surface area contributed by atoms with Crippen molar-refractivity contribution in [1.82, 2.24) is 10.9 Å². The van der Waals surface area contributed by atoms with Crippen LogP contribution in [0.25, 0.3) is 0 Å². The summed E-state index contributed by atoms with van der Waals surface area (Å²) < 4.78 is 0.461. The monoisotopic (exact) mass is 372 g/mol. The molecular formula is C19H20N2O2S2. The molecule has 0 unspecified atom stereocenters. The topological polar surface area (TPSA) is 58.2 Å². The molecule has 0 radical (unpaired) electrons. The fourth-order valence-corrected chi connectivity index (χ4v) is 5.35. The average molecular weight is 373 g/mol. The molecule has 0 bridgehead atoms. The molecule has 1 aliphatic heterocycles. The number of carbonyl (C=O) groups is 2. The lowest BCUT2D eigenvalue weighted by Crippen LogP contribution is -2.41. The lowest BCUT2D eigenvalue weighted by atomic mass is 10.1. The Kier molecular flexibility index (Phi) is 6.04. The molecule has 0 saturated carbocycles. The fraction of sp³-hybridized carbons (Fsp3) is 0.263. The van der Waals surface area contributed by atoms with E-state index in [0.29, 0.717) is 15.7 Å². The Bertz CT molecular complexity index is 739. The van der Waals surface area contributed by atoms with Crippen LogP contribution in [-0.4, -0.2) is 23.3 Å². The lowest BCUT2D eigenvalue weighted by molar-refractivity contribution is 0.0846. The molecule has 4 nitrogen and oxygen atoms in total. The third-order valence-corrected chi connectivity index (χ3v) is 7.09. The van der Waals surface area contributed by atoms with Gasteiger partial charge >= 0.3 is 0 Å². The van der Waals surface area contributed by atoms with Gasteiger partial charge in [-0.1, -0.05) is 31.2 Å². The van der Waals surface area contributed by atoms with Crippen LogP contribution in [0.4, 0.5) is 0 Å². The molecule has 25 heavy (non-hydrogen) atoms. The minimum atomic E-state index is -0.327. The summed E-state index contributed by atoms with van der Waals surface area (Å²) in [4.78, 5) is 24.3. The number of hydrogen-bond donors (Lipinski definition) is 2. The molecule has 1 heterocycles. The van der Waals surface area contributed by atoms with Crippen molar-refractivity contribution < 1.29 is 9.59 Å². The Hall–Kier alpha value is -1.92. The molecule has 0 aliphatic carbocycles. The molecular weight excluding hydrogens is 352 g/mol. The van der Waals surface area contributed by atoms with E-state index in [1.165, 1.54) is 22.6 Å². The number of carbonyl (C=O) groups excluding carboxylic acids is 2. The van der Waals surface area contributed by atoms with Gasteiger partial charge in [-0.25, -0.2) is 0 Å². The number of nitrogens with one attached hydrogen (secondary N) is 2. The molecule has 2 N–H and O–H groups in total. The zero-order valence-corrected chi connectivity index (χ0v) is 15.6. The Labute approximate surface area is 156 Å². The van der Waals surface area contributed by atoms with Gasteiger partial charge in [0.25, 0.3) is 11.8 Å². The number of aryl methyl sites for hydroxylation is 1. The number of benzene rings is 2. The van der Waals surface area contributed by atoms with Gasteiger partial charge in [0.05, 0.1) is 4.58 Å². The third kappa shape index (κ3) is 4.58. The Balaban J connectivity index is 1.55. The molecule has 0 atom stereocenters. The number of rotatable bonds is 4. The smallest absolute Gasteiger partial charge is 0.267 e. The molecule has 1 aliphatic rings. The Morgan fingerprint density at radius 1 is 0.880 bits per heavy atom. The van der Waals surface area contributed by atoms with Crippen LogP contribution in [0.1, 0.15) is 43.3 Å². The fourth-order valence-electron chi connectivity index (χ4n) is 2.49. The van der Waals surface area contributed by atoms with E-state index in [2.05, 4.69) is 17.8 Å². The van der Waals surface area contributed by atoms with E-state index in [9.17, 15) is 9.59 Å². The Morgan fingerprint density at radius 3 is 1.84 bits per heavy atom. The first kappa shape index (κ1) is 17.9. The zero-order valence-electron chi connectivity index (χ0n) is 14.0. The standard InChI is InChI=1S/C19H20N2O2S2/c1-2-13-3-5-14(6-4-13)17(22)20-21-18(23)15-7-9-16(10-8-15)19-24-11-12-25-19/h3-10,19H,2,11-12H2,1H3,(H,20,22)(H,21,23). The lowest BCUT2D eigenvalue weighted by Gasteiger charge is -2.10. The van der Waals surface area contributed by atoms with Crippen molar-refractivity contribution in [1.29, 1.82) is 0 Å². The summed E-state index contributed by atoms with van der Waals surface area (Å²) in [6.07, 6.45) is 0.923. The molecule has 1 fully saturated rings. The largest absolute Gasteiger partial charge is 0.269 e. The molecule has 130 valence electrons. The van der Waals surface area contributed by atoms with Crippen molar-refractivity contribution in [2.75, 3.05) is 11.5 Å². The van der Waals surface area contributed by atoms with E-state index < -0.39 is 0 Å². The van der Waals surface area contributed by atoms with Gasteiger partial charge in [-0.15, -0.1) is 23.5 Å². The molecule has 6 heteroatoms. The Morgan fingerprint density at radius 2 is 1.36 bits per heavy atom. The molecule has 1 saturated heterocycles. The first-order valence-corrected chi connectivity index (χ1v) is 10.3. The second-order valence-electron chi connectivity index (χ2n) is 5.65. The van der Waals surface area contributed by atoms with Crippen LogP contribution < -0.4 is 10.9 Å². The molecule has 0 aromatic heterocycles. The predicted molar refractivity (Wildman–Crippen MR) is 105 cm³/mol. The van der Waals surface area contributed by atoms with E-state index >= 15 is 0 Å². The van der Waals surface area contributed by atoms with Gasteiger partial charge < -0.3 is 0 Å². The molecule has 2 aromatic carbocycles. The zero-order chi connectivity index (χ0) is 17.6. The summed E-state index contributed by atoms with van der Waals surface area (Å²) >= 11 is 3.86. The maximum absolute atomic E-state index is 12.2. The number of hydrazine groups is 1. The maximum Gasteiger partial charge on any atom is 0.269 e. The summed E-state index contributed by atoms with van der Waals surface area (Å²) in [5, 5.41) is 0. The van der Waals surface area contributed by atoms with Crippen molar-refractivity contribution in [3.8, 4) is 0 Å². The summed E-state index contributed by atoms with van der Waals surface area (Å²) in [6, 6.07) is 14.9. The molecule has 2 aromatic rings. The van der Waals surface area contributed by atoms with Gasteiger partial charge in [-0.2, -0.15) is 0 Å². The van der Waals surface area contributed by atoms with Gasteiger partial charge in [0.1, 0.15) is 0 Å². The van der Waals surface area contributed by atoms with E-state index in [0.717, 1.165) is 6.42 Å². The van der Waals surface area contributed by atoms with Crippen LogP contribution in [0.15, 0.2) is 48.5 Å². The van der Waals surface area contributed by atoms with E-state index in [1.54, 1.807) is 24.3 Å². The van der Waals surface area contributed by atoms with Crippen molar-refractivity contribution in [2.24, 2.45) is 0 Å². The molecule has 2 amide bonds. The van der Waals surface area contributed by atoms with Crippen LogP contribution >= 0.6 is 23.5 Å². The normalized spacial score (nSPS) is 14.3. The minimum absolute atomic E-state index is 0.322. The summed E-state index contributed by atoms with van der Waals surface area (Å²) in [5.41, 5.74) is 8.36. The van der Waals surface area contributed by atoms with Gasteiger partial charge in [-0.3, -0.25) is 20.4 Å². The minimum Gasteiger partial charge on any atom is -0.267 e. The van der Waals surface area contributed by atoms with Gasteiger partial charge in [0, 0.05) is 22.6 Å². The second-order valence-corrected chi connectivity index (χ2v) is 8.38. The SMILES string of the molecule is CCc1ccc(C(=O)NNC(=O)c2ccc(C3SCCS3)cc2)cc1. The van der Waals surface area contributed by atoms with Crippen LogP contribution in [-0.2, 0) is 6.42 Å². The summed E-state index contributed by atoms with van der Waals surface area (Å²) in [6.45, 7) is 2.06. The third-order valence-electron chi connectivity index (χ3n) is 3.98. The highest BCUT2D eigenvalue weighted by Crippen LogP contribution is 2.45. The summed E-state index contributed by atoms with van der Waals surface area (Å²) in [5.74, 6) is 1.69. The van der Waals surface area contributed by atoms with Crippen LogP contribution in [0.2, 0.25) is 0 Å². The average Bonchev–Trinajstić information content (AvgIpc) is 3.21. The van der Waals surface area contributed by atoms with E-state index in [4.69, 9.17) is 0 Å². The highest BCUT2D eigenvalue weighted by Gasteiger charge is 2.18. The van der Waals surface area contributed by atoms with Gasteiger partial charge in [-0.05, 0) is 41.8 Å². The van der Waals surface area contributed by atoms with E-state index in [1.807, 2.05) is 47.8 Å². The van der Waals surface area contributed by atoms with Gasteiger partial charge in [0.2, 0.25) is 0 Å². The number of amides is 2. The maximum atomic E-state index is 12.2. The van der Waals surface area contributed by atoms with Crippen LogP contribution in [0.5, 0.6) is 0 Å². The highest BCUT2D eigenvalue weighted by atomic mass is 32.2. The van der Waals surface area contributed by atoms with Crippen molar-refractivity contribution in [2.45, 2.75) is 17.9 Å². The number of thioether (sulfide) groups is 2. The highest BCUT2D eigenvalue weighted by molar-refractivity contribution is 8.19. The first-order valence-electron chi connectivity index (χ1n) is 8.20. The number of hydrogen-bond acceptors (Lipinski definition) is 4. The predicted octanol–water partition coefficient (Wildman–Crippen LogP) is 3.80. The quantitative estimate of drug-likeness (QED) is 0.802. The van der Waals surface area contributed by atoms with Crippen molar-refractivity contribution in [3.05, 3.63) is 70.8 Å². The summed E-state index contributed by atoms with van der Waals surface area (Å²) in [7, 11) is 0. The van der Waals surface area contributed by atoms with Crippen LogP contribution in [0.3, 0.4) is 0 Å². The van der Waals surface area contributed by atoms with E-state index in [-0.39, 0.29) is 11.8 Å². The van der Waals surface area contributed by atoms with Crippen LogP contribution in [0, 0.1) is 0 Å².